The van der Waals surface area contributed by atoms with Crippen LogP contribution < -0.4 is 5.73 Å². The van der Waals surface area contributed by atoms with Gasteiger partial charge in [-0.3, -0.25) is 4.79 Å². The highest BCUT2D eigenvalue weighted by Crippen LogP contribution is 2.25. The molecule has 0 saturated carbocycles. The van der Waals surface area contributed by atoms with Crippen molar-refractivity contribution in [3.63, 3.8) is 0 Å². The number of aliphatic hydroxyl groups is 1. The van der Waals surface area contributed by atoms with Gasteiger partial charge in [0.15, 0.2) is 5.78 Å². The summed E-state index contributed by atoms with van der Waals surface area (Å²) in [6.45, 7) is -0.652. The number of rotatable bonds is 5. The second-order valence-electron chi connectivity index (χ2n) is 4.44. The number of ketones is 1. The van der Waals surface area contributed by atoms with E-state index in [-0.39, 0.29) is 12.2 Å². The number of hydrogen-bond acceptors (Lipinski definition) is 6. The van der Waals surface area contributed by atoms with Crippen molar-refractivity contribution in [1.29, 1.82) is 5.26 Å². The van der Waals surface area contributed by atoms with Crippen molar-refractivity contribution in [1.82, 2.24) is 9.97 Å². The van der Waals surface area contributed by atoms with Gasteiger partial charge in [0.1, 0.15) is 12.4 Å². The van der Waals surface area contributed by atoms with Crippen molar-refractivity contribution >= 4 is 11.5 Å². The topological polar surface area (TPSA) is 113 Å². The third-order valence-corrected chi connectivity index (χ3v) is 3.03. The van der Waals surface area contributed by atoms with Gasteiger partial charge in [-0.1, -0.05) is 30.3 Å². The number of aromatic nitrogens is 2. The summed E-state index contributed by atoms with van der Waals surface area (Å²) in [4.78, 5) is 20.1. The number of anilines is 1. The summed E-state index contributed by atoms with van der Waals surface area (Å²) >= 11 is 0. The molecular weight excluding hydrogens is 268 g/mol. The maximum atomic E-state index is 11.7. The van der Waals surface area contributed by atoms with E-state index in [4.69, 9.17) is 16.1 Å². The minimum atomic E-state index is -0.844. The SMILES string of the molecule is N#CCC(C(=O)CO)c1ncc(N)c(-c2ccccc2)n1. The maximum absolute atomic E-state index is 11.7. The maximum Gasteiger partial charge on any atom is 0.169 e. The van der Waals surface area contributed by atoms with Crippen molar-refractivity contribution in [2.24, 2.45) is 0 Å². The zero-order chi connectivity index (χ0) is 15.2. The number of nitriles is 1. The molecule has 1 aromatic carbocycles. The normalized spacial score (nSPS) is 11.6. The number of aliphatic hydroxyl groups excluding tert-OH is 1. The fraction of sp³-hybridized carbons (Fsp3) is 0.200. The molecule has 6 heteroatoms. The first-order valence-electron chi connectivity index (χ1n) is 6.35. The number of nitrogens with two attached hydrogens (primary N) is 1. The number of Topliss-reactive ketones (excluding diaryl/α,β-unsaturated/α-hetero) is 1. The Kier molecular flexibility index (Phi) is 4.59. The predicted octanol–water partition coefficient (Wildman–Crippen LogP) is 1.28. The summed E-state index contributed by atoms with van der Waals surface area (Å²) < 4.78 is 0. The van der Waals surface area contributed by atoms with E-state index in [0.717, 1.165) is 5.56 Å². The molecule has 0 aliphatic carbocycles. The van der Waals surface area contributed by atoms with E-state index in [1.807, 2.05) is 36.4 Å². The Hall–Kier alpha value is -2.78. The number of benzene rings is 1. The second kappa shape index (κ2) is 6.59. The molecule has 1 heterocycles. The highest BCUT2D eigenvalue weighted by molar-refractivity contribution is 5.86. The first-order chi connectivity index (χ1) is 10.2. The van der Waals surface area contributed by atoms with Crippen LogP contribution in [0, 0.1) is 11.3 Å². The molecule has 1 unspecified atom stereocenters. The largest absolute Gasteiger partial charge is 0.396 e. The molecule has 1 atom stereocenters. The quantitative estimate of drug-likeness (QED) is 0.854. The van der Waals surface area contributed by atoms with Crippen LogP contribution in [-0.2, 0) is 4.79 Å². The van der Waals surface area contributed by atoms with Crippen molar-refractivity contribution in [2.45, 2.75) is 12.3 Å². The zero-order valence-electron chi connectivity index (χ0n) is 11.2. The first kappa shape index (κ1) is 14.6. The van der Waals surface area contributed by atoms with Gasteiger partial charge in [0.25, 0.3) is 0 Å². The van der Waals surface area contributed by atoms with Crippen LogP contribution >= 0.6 is 0 Å². The first-order valence-corrected chi connectivity index (χ1v) is 6.35. The van der Waals surface area contributed by atoms with Crippen LogP contribution in [0.2, 0.25) is 0 Å². The summed E-state index contributed by atoms with van der Waals surface area (Å²) in [6.07, 6.45) is 1.33. The van der Waals surface area contributed by atoms with Gasteiger partial charge in [-0.05, 0) is 0 Å². The Bertz CT molecular complexity index is 680. The van der Waals surface area contributed by atoms with Gasteiger partial charge in [0.2, 0.25) is 0 Å². The molecule has 0 amide bonds. The highest BCUT2D eigenvalue weighted by atomic mass is 16.3. The fourth-order valence-corrected chi connectivity index (χ4v) is 1.95. The third-order valence-electron chi connectivity index (χ3n) is 3.03. The highest BCUT2D eigenvalue weighted by Gasteiger charge is 2.23. The molecule has 106 valence electrons. The van der Waals surface area contributed by atoms with Gasteiger partial charge >= 0.3 is 0 Å². The average Bonchev–Trinajstić information content (AvgIpc) is 2.53. The molecule has 0 aliphatic rings. The molecule has 0 radical (unpaired) electrons. The van der Waals surface area contributed by atoms with Crippen LogP contribution in [0.1, 0.15) is 18.2 Å². The third kappa shape index (κ3) is 3.22. The van der Waals surface area contributed by atoms with Crippen molar-refractivity contribution in [2.75, 3.05) is 12.3 Å². The van der Waals surface area contributed by atoms with E-state index in [1.165, 1.54) is 6.20 Å². The molecule has 2 aromatic rings. The Morgan fingerprint density at radius 2 is 2.10 bits per heavy atom. The lowest BCUT2D eigenvalue weighted by Gasteiger charge is -2.12. The van der Waals surface area contributed by atoms with Crippen LogP contribution in [0.3, 0.4) is 0 Å². The molecule has 0 saturated heterocycles. The number of nitrogens with zero attached hydrogens (tertiary/aromatic N) is 3. The second-order valence-corrected chi connectivity index (χ2v) is 4.44. The van der Waals surface area contributed by atoms with Crippen LogP contribution in [0.25, 0.3) is 11.3 Å². The molecule has 21 heavy (non-hydrogen) atoms. The summed E-state index contributed by atoms with van der Waals surface area (Å²) in [5.41, 5.74) is 7.57. The van der Waals surface area contributed by atoms with Crippen molar-refractivity contribution < 1.29 is 9.90 Å². The van der Waals surface area contributed by atoms with Crippen LogP contribution in [-0.4, -0.2) is 27.5 Å². The van der Waals surface area contributed by atoms with Gasteiger partial charge in [-0.15, -0.1) is 0 Å². The standard InChI is InChI=1S/C15H14N4O2/c16-7-6-11(13(21)9-20)15-18-8-12(17)14(19-15)10-4-2-1-3-5-10/h1-5,8,11,20H,6,9,17H2. The van der Waals surface area contributed by atoms with E-state index in [2.05, 4.69) is 9.97 Å². The van der Waals surface area contributed by atoms with E-state index in [9.17, 15) is 4.79 Å². The summed E-state index contributed by atoms with van der Waals surface area (Å²) in [5.74, 6) is -1.13. The van der Waals surface area contributed by atoms with Crippen LogP contribution in [0.15, 0.2) is 36.5 Å². The number of hydrogen-bond donors (Lipinski definition) is 2. The Balaban J connectivity index is 2.47. The molecule has 0 aliphatic heterocycles. The van der Waals surface area contributed by atoms with Crippen molar-refractivity contribution in [3.05, 3.63) is 42.4 Å². The van der Waals surface area contributed by atoms with Crippen molar-refractivity contribution in [3.8, 4) is 17.3 Å². The van der Waals surface area contributed by atoms with Gasteiger partial charge in [0.05, 0.1) is 36.0 Å². The minimum Gasteiger partial charge on any atom is -0.396 e. The fourth-order valence-electron chi connectivity index (χ4n) is 1.95. The molecule has 0 spiro atoms. The van der Waals surface area contributed by atoms with E-state index in [1.54, 1.807) is 0 Å². The summed E-state index contributed by atoms with van der Waals surface area (Å²) in [7, 11) is 0. The van der Waals surface area contributed by atoms with Gasteiger partial charge in [0, 0.05) is 5.56 Å². The summed E-state index contributed by atoms with van der Waals surface area (Å²) in [6, 6.07) is 11.2. The molecule has 2 rings (SSSR count). The molecule has 0 bridgehead atoms. The average molecular weight is 282 g/mol. The molecular formula is C15H14N4O2. The Labute approximate surface area is 121 Å². The predicted molar refractivity (Wildman–Crippen MR) is 76.9 cm³/mol. The van der Waals surface area contributed by atoms with Crippen LogP contribution in [0.4, 0.5) is 5.69 Å². The lowest BCUT2D eigenvalue weighted by molar-refractivity contribution is -0.123. The number of carbonyl (C=O) groups is 1. The van der Waals surface area contributed by atoms with E-state index in [0.29, 0.717) is 11.4 Å². The van der Waals surface area contributed by atoms with E-state index >= 15 is 0 Å². The molecule has 3 N–H and O–H groups in total. The van der Waals surface area contributed by atoms with Crippen LogP contribution in [0.5, 0.6) is 0 Å². The lowest BCUT2D eigenvalue weighted by atomic mass is 9.99. The van der Waals surface area contributed by atoms with Gasteiger partial charge < -0.3 is 10.8 Å². The number of carbonyl (C=O) groups excluding carboxylic acids is 1. The molecule has 1 aromatic heterocycles. The molecule has 6 nitrogen and oxygen atoms in total. The van der Waals surface area contributed by atoms with Gasteiger partial charge in [-0.2, -0.15) is 5.26 Å². The lowest BCUT2D eigenvalue weighted by Crippen LogP contribution is -2.19. The molecule has 0 fully saturated rings. The smallest absolute Gasteiger partial charge is 0.169 e. The zero-order valence-corrected chi connectivity index (χ0v) is 11.2. The minimum absolute atomic E-state index is 0.0858. The monoisotopic (exact) mass is 282 g/mol. The summed E-state index contributed by atoms with van der Waals surface area (Å²) in [5, 5.41) is 17.8. The Morgan fingerprint density at radius 1 is 1.38 bits per heavy atom. The van der Waals surface area contributed by atoms with E-state index < -0.39 is 18.3 Å². The number of nitrogen functional groups attached to an aromatic ring is 1. The Morgan fingerprint density at radius 3 is 2.71 bits per heavy atom. The van der Waals surface area contributed by atoms with Gasteiger partial charge in [-0.25, -0.2) is 9.97 Å².